The summed E-state index contributed by atoms with van der Waals surface area (Å²) in [5.41, 5.74) is 0. The molecule has 0 spiro atoms. The molecule has 0 aromatic heterocycles. The smallest absolute Gasteiger partial charge is 0.303 e. The maximum Gasteiger partial charge on any atom is 0.303 e. The van der Waals surface area contributed by atoms with Gasteiger partial charge in [0.25, 0.3) is 0 Å². The van der Waals surface area contributed by atoms with Crippen molar-refractivity contribution < 1.29 is 9.90 Å². The van der Waals surface area contributed by atoms with Crippen LogP contribution in [0.15, 0.2) is 0 Å². The van der Waals surface area contributed by atoms with Gasteiger partial charge in [0.1, 0.15) is 0 Å². The van der Waals surface area contributed by atoms with Crippen LogP contribution in [0, 0.1) is 5.92 Å². The summed E-state index contributed by atoms with van der Waals surface area (Å²) in [5.74, 6) is 0.0781. The number of rotatable bonds is 6. The van der Waals surface area contributed by atoms with E-state index in [1.54, 1.807) is 0 Å². The maximum atomic E-state index is 10.1. The van der Waals surface area contributed by atoms with E-state index in [0.29, 0.717) is 6.42 Å². The molecular weight excluding hydrogens is 347 g/mol. The molecule has 0 aromatic carbocycles. The summed E-state index contributed by atoms with van der Waals surface area (Å²) in [5, 5.41) is 8.32. The van der Waals surface area contributed by atoms with E-state index in [9.17, 15) is 4.79 Å². The molecule has 70 valence electrons. The Morgan fingerprint density at radius 3 is 2.25 bits per heavy atom. The summed E-state index contributed by atoms with van der Waals surface area (Å²) in [6, 6.07) is 0. The van der Waals surface area contributed by atoms with Crippen molar-refractivity contribution in [2.75, 3.05) is 0 Å². The van der Waals surface area contributed by atoms with Gasteiger partial charge in [0.2, 0.25) is 0 Å². The summed E-state index contributed by atoms with van der Waals surface area (Å²) in [6.07, 6.45) is 4.62. The van der Waals surface area contributed by atoms with Crippen LogP contribution in [-0.2, 0) is 4.79 Å². The topological polar surface area (TPSA) is 37.3 Å². The summed E-state index contributed by atoms with van der Waals surface area (Å²) < 4.78 is 0. The molecule has 0 unspecified atom stereocenters. The van der Waals surface area contributed by atoms with Crippen molar-refractivity contribution in [2.24, 2.45) is 5.92 Å². The minimum atomic E-state index is -0.672. The van der Waals surface area contributed by atoms with Gasteiger partial charge in [-0.25, -0.2) is 0 Å². The number of carboxylic acids is 1. The van der Waals surface area contributed by atoms with E-state index < -0.39 is 5.97 Å². The molecule has 12 heavy (non-hydrogen) atoms. The van der Waals surface area contributed by atoms with Gasteiger partial charge in [0.15, 0.2) is 0 Å². The second kappa shape index (κ2) is 9.48. The quantitative estimate of drug-likeness (QED) is 0.579. The average Bonchev–Trinajstić information content (AvgIpc) is 1.85. The molecule has 0 atom stereocenters. The molecule has 0 bridgehead atoms. The molecule has 3 heteroatoms. The van der Waals surface area contributed by atoms with Crippen LogP contribution in [-0.4, -0.2) is 38.4 Å². The number of hydrogen-bond acceptors (Lipinski definition) is 1. The Balaban J connectivity index is 0. The van der Waals surface area contributed by atoms with Crippen LogP contribution in [0.4, 0.5) is 0 Å². The summed E-state index contributed by atoms with van der Waals surface area (Å²) in [7, 11) is 0. The molecule has 0 aromatic rings. The first-order valence-electron chi connectivity index (χ1n) is 4.34. The van der Waals surface area contributed by atoms with Crippen molar-refractivity contribution >= 4 is 33.3 Å². The van der Waals surface area contributed by atoms with Crippen LogP contribution < -0.4 is 0 Å². The average molecular weight is 365 g/mol. The Kier molecular flexibility index (Phi) is 11.8. The molecule has 0 saturated carbocycles. The monoisotopic (exact) mass is 366 g/mol. The Morgan fingerprint density at radius 2 is 1.83 bits per heavy atom. The van der Waals surface area contributed by atoms with Crippen molar-refractivity contribution in [3.05, 3.63) is 0 Å². The third kappa shape index (κ3) is 13.0. The number of carboxylic acid groups (broad SMARTS) is 1. The first kappa shape index (κ1) is 14.9. The third-order valence-corrected chi connectivity index (χ3v) is 1.67. The largest absolute Gasteiger partial charge is 0.481 e. The van der Waals surface area contributed by atoms with E-state index in [-0.39, 0.29) is 27.3 Å². The first-order valence-corrected chi connectivity index (χ1v) is 4.34. The Labute approximate surface area is 94.9 Å². The van der Waals surface area contributed by atoms with Gasteiger partial charge < -0.3 is 5.11 Å². The predicted octanol–water partition coefficient (Wildman–Crippen LogP) is 2.30. The minimum Gasteiger partial charge on any atom is -0.481 e. The van der Waals surface area contributed by atoms with E-state index in [0.717, 1.165) is 18.8 Å². The van der Waals surface area contributed by atoms with Crippen LogP contribution in [0.3, 0.4) is 0 Å². The maximum absolute atomic E-state index is 10.1. The van der Waals surface area contributed by atoms with E-state index in [4.69, 9.17) is 5.11 Å². The van der Waals surface area contributed by atoms with Crippen LogP contribution >= 0.6 is 0 Å². The Morgan fingerprint density at radius 1 is 1.25 bits per heavy atom. The summed E-state index contributed by atoms with van der Waals surface area (Å²) in [6.45, 7) is 4.38. The van der Waals surface area contributed by atoms with E-state index in [1.807, 2.05) is 0 Å². The molecule has 0 aliphatic rings. The fourth-order valence-corrected chi connectivity index (χ4v) is 1.01. The van der Waals surface area contributed by atoms with Crippen molar-refractivity contribution in [3.63, 3.8) is 0 Å². The van der Waals surface area contributed by atoms with Gasteiger partial charge in [-0.1, -0.05) is 33.1 Å². The SMILES string of the molecule is CC(C)CCCCCC(=O)O.[Pb]. The van der Waals surface area contributed by atoms with Gasteiger partial charge in [-0.15, -0.1) is 0 Å². The van der Waals surface area contributed by atoms with Crippen molar-refractivity contribution in [3.8, 4) is 0 Å². The molecule has 0 rings (SSSR count). The number of hydrogen-bond donors (Lipinski definition) is 1. The van der Waals surface area contributed by atoms with Crippen LogP contribution in [0.1, 0.15) is 46.0 Å². The second-order valence-corrected chi connectivity index (χ2v) is 3.39. The molecule has 1 N–H and O–H groups in total. The fourth-order valence-electron chi connectivity index (χ4n) is 1.01. The Bertz CT molecular complexity index is 113. The first-order chi connectivity index (χ1) is 5.13. The summed E-state index contributed by atoms with van der Waals surface area (Å²) in [4.78, 5) is 10.1. The molecular formula is C9H18O2Pb. The number of carbonyl (C=O) groups is 1. The standard InChI is InChI=1S/C9H18O2.Pb/c1-8(2)6-4-3-5-7-9(10)11;/h8H,3-7H2,1-2H3,(H,10,11);. The van der Waals surface area contributed by atoms with Gasteiger partial charge in [-0.2, -0.15) is 0 Å². The minimum absolute atomic E-state index is 0. The molecule has 0 amide bonds. The van der Waals surface area contributed by atoms with E-state index in [1.165, 1.54) is 12.8 Å². The molecule has 0 heterocycles. The third-order valence-electron chi connectivity index (χ3n) is 1.67. The molecule has 0 aliphatic carbocycles. The molecule has 0 fully saturated rings. The van der Waals surface area contributed by atoms with Gasteiger partial charge >= 0.3 is 5.97 Å². The normalized spacial score (nSPS) is 9.58. The molecule has 0 aliphatic heterocycles. The second-order valence-electron chi connectivity index (χ2n) is 3.39. The van der Waals surface area contributed by atoms with Crippen molar-refractivity contribution in [1.29, 1.82) is 0 Å². The predicted molar refractivity (Wildman–Crippen MR) is 51.3 cm³/mol. The number of unbranched alkanes of at least 4 members (excludes halogenated alkanes) is 2. The van der Waals surface area contributed by atoms with Crippen LogP contribution in [0.5, 0.6) is 0 Å². The molecule has 0 saturated heterocycles. The van der Waals surface area contributed by atoms with Crippen molar-refractivity contribution in [1.82, 2.24) is 0 Å². The Hall–Kier alpha value is 0.392. The molecule has 4 radical (unpaired) electrons. The van der Waals surface area contributed by atoms with E-state index in [2.05, 4.69) is 13.8 Å². The van der Waals surface area contributed by atoms with E-state index >= 15 is 0 Å². The zero-order chi connectivity index (χ0) is 8.69. The summed E-state index contributed by atoms with van der Waals surface area (Å²) >= 11 is 0. The zero-order valence-electron chi connectivity index (χ0n) is 7.97. The fraction of sp³-hybridized carbons (Fsp3) is 0.889. The van der Waals surface area contributed by atoms with Gasteiger partial charge in [0, 0.05) is 33.7 Å². The van der Waals surface area contributed by atoms with Crippen LogP contribution in [0.25, 0.3) is 0 Å². The van der Waals surface area contributed by atoms with Crippen LogP contribution in [0.2, 0.25) is 0 Å². The number of aliphatic carboxylic acids is 1. The molecule has 2 nitrogen and oxygen atoms in total. The van der Waals surface area contributed by atoms with Gasteiger partial charge in [0.05, 0.1) is 0 Å². The van der Waals surface area contributed by atoms with Gasteiger partial charge in [-0.05, 0) is 12.3 Å². The van der Waals surface area contributed by atoms with Gasteiger partial charge in [-0.3, -0.25) is 4.79 Å². The van der Waals surface area contributed by atoms with Crippen molar-refractivity contribution in [2.45, 2.75) is 46.0 Å². The zero-order valence-corrected chi connectivity index (χ0v) is 11.9.